The largest absolute Gasteiger partial charge is 0.480 e. The molecule has 0 aromatic carbocycles. The summed E-state index contributed by atoms with van der Waals surface area (Å²) < 4.78 is 5.18. The molecule has 1 saturated carbocycles. The molecule has 3 atom stereocenters. The minimum absolute atomic E-state index is 0.0749. The van der Waals surface area contributed by atoms with Gasteiger partial charge >= 0.3 is 12.0 Å². The van der Waals surface area contributed by atoms with Gasteiger partial charge in [-0.3, -0.25) is 4.79 Å². The summed E-state index contributed by atoms with van der Waals surface area (Å²) in [7, 11) is 1.65. The number of hydrogen-bond acceptors (Lipinski definition) is 3. The van der Waals surface area contributed by atoms with Crippen molar-refractivity contribution in [3.05, 3.63) is 0 Å². The maximum absolute atomic E-state index is 11.4. The summed E-state index contributed by atoms with van der Waals surface area (Å²) in [6.45, 7) is 1.43. The minimum Gasteiger partial charge on any atom is -0.480 e. The van der Waals surface area contributed by atoms with Gasteiger partial charge in [0.15, 0.2) is 0 Å². The highest BCUT2D eigenvalue weighted by Gasteiger charge is 2.26. The molecule has 2 unspecified atom stereocenters. The van der Waals surface area contributed by atoms with Gasteiger partial charge in [-0.1, -0.05) is 0 Å². The predicted molar refractivity (Wildman–Crippen MR) is 57.2 cm³/mol. The molecule has 16 heavy (non-hydrogen) atoms. The summed E-state index contributed by atoms with van der Waals surface area (Å²) in [6.07, 6.45) is 2.77. The number of carboxylic acid groups (broad SMARTS) is 1. The Morgan fingerprint density at radius 2 is 2.12 bits per heavy atom. The molecule has 2 amide bonds. The van der Waals surface area contributed by atoms with Crippen molar-refractivity contribution in [2.24, 2.45) is 0 Å². The van der Waals surface area contributed by atoms with E-state index < -0.39 is 18.0 Å². The number of carbonyl (C=O) groups is 2. The van der Waals surface area contributed by atoms with Crippen LogP contribution < -0.4 is 10.6 Å². The number of carbonyl (C=O) groups excluding carboxylic acids is 1. The first-order valence-corrected chi connectivity index (χ1v) is 5.35. The third kappa shape index (κ3) is 3.69. The van der Waals surface area contributed by atoms with E-state index in [9.17, 15) is 9.59 Å². The fraction of sp³-hybridized carbons (Fsp3) is 0.800. The molecule has 1 rings (SSSR count). The van der Waals surface area contributed by atoms with Crippen LogP contribution in [0.15, 0.2) is 0 Å². The van der Waals surface area contributed by atoms with Gasteiger partial charge in [0.1, 0.15) is 6.04 Å². The quantitative estimate of drug-likeness (QED) is 0.649. The zero-order valence-electron chi connectivity index (χ0n) is 9.53. The molecular weight excluding hydrogens is 212 g/mol. The Morgan fingerprint density at radius 1 is 1.44 bits per heavy atom. The number of aliphatic carboxylic acids is 1. The average Bonchev–Trinajstić information content (AvgIpc) is 2.65. The molecular formula is C10H18N2O4. The molecule has 0 saturated heterocycles. The summed E-state index contributed by atoms with van der Waals surface area (Å²) in [5, 5.41) is 13.7. The Balaban J connectivity index is 2.27. The Morgan fingerprint density at radius 3 is 2.62 bits per heavy atom. The first-order valence-electron chi connectivity index (χ1n) is 5.35. The minimum atomic E-state index is -1.05. The first kappa shape index (κ1) is 12.8. The number of methoxy groups -OCH3 is 1. The Hall–Kier alpha value is -1.30. The van der Waals surface area contributed by atoms with Gasteiger partial charge in [0.05, 0.1) is 6.10 Å². The van der Waals surface area contributed by atoms with Gasteiger partial charge < -0.3 is 20.5 Å². The van der Waals surface area contributed by atoms with E-state index in [1.807, 2.05) is 0 Å². The topological polar surface area (TPSA) is 87.7 Å². The van der Waals surface area contributed by atoms with Gasteiger partial charge in [0.2, 0.25) is 0 Å². The van der Waals surface area contributed by atoms with Gasteiger partial charge in [-0.15, -0.1) is 0 Å². The van der Waals surface area contributed by atoms with Crippen LogP contribution in [0.3, 0.4) is 0 Å². The van der Waals surface area contributed by atoms with Crippen LogP contribution in [0.25, 0.3) is 0 Å². The van der Waals surface area contributed by atoms with Crippen LogP contribution in [0.4, 0.5) is 4.79 Å². The highest BCUT2D eigenvalue weighted by atomic mass is 16.5. The summed E-state index contributed by atoms with van der Waals surface area (Å²) in [4.78, 5) is 21.9. The van der Waals surface area contributed by atoms with Gasteiger partial charge in [0.25, 0.3) is 0 Å². The number of urea groups is 1. The maximum atomic E-state index is 11.4. The molecule has 6 heteroatoms. The van der Waals surface area contributed by atoms with E-state index in [-0.39, 0.29) is 12.1 Å². The summed E-state index contributed by atoms with van der Waals surface area (Å²) in [5.41, 5.74) is 0. The highest BCUT2D eigenvalue weighted by molar-refractivity contribution is 5.82. The standard InChI is InChI=1S/C10H18N2O4/c1-6(9(13)14)11-10(15)12-7-3-4-8(5-7)16-2/h6-8H,3-5H2,1-2H3,(H,13,14)(H2,11,12,15)/t6-,7?,8?/m0/s1. The number of hydrogen-bond donors (Lipinski definition) is 3. The van der Waals surface area contributed by atoms with E-state index in [2.05, 4.69) is 10.6 Å². The third-order valence-electron chi connectivity index (χ3n) is 2.77. The third-order valence-corrected chi connectivity index (χ3v) is 2.77. The predicted octanol–water partition coefficient (Wildman–Crippen LogP) is 0.326. The number of rotatable bonds is 4. The van der Waals surface area contributed by atoms with Crippen LogP contribution in [0.1, 0.15) is 26.2 Å². The monoisotopic (exact) mass is 230 g/mol. The highest BCUT2D eigenvalue weighted by Crippen LogP contribution is 2.21. The molecule has 0 aliphatic heterocycles. The number of ether oxygens (including phenoxy) is 1. The second-order valence-corrected chi connectivity index (χ2v) is 4.05. The summed E-state index contributed by atoms with van der Waals surface area (Å²) >= 11 is 0. The van der Waals surface area contributed by atoms with E-state index in [0.717, 1.165) is 19.3 Å². The molecule has 1 aliphatic rings. The van der Waals surface area contributed by atoms with Gasteiger partial charge in [-0.2, -0.15) is 0 Å². The van der Waals surface area contributed by atoms with Crippen LogP contribution in [0.5, 0.6) is 0 Å². The van der Waals surface area contributed by atoms with E-state index in [4.69, 9.17) is 9.84 Å². The molecule has 6 nitrogen and oxygen atoms in total. The lowest BCUT2D eigenvalue weighted by molar-refractivity contribution is -0.138. The molecule has 0 radical (unpaired) electrons. The number of carboxylic acids is 1. The van der Waals surface area contributed by atoms with Gasteiger partial charge in [-0.05, 0) is 26.2 Å². The second-order valence-electron chi connectivity index (χ2n) is 4.05. The van der Waals surface area contributed by atoms with Crippen LogP contribution in [-0.4, -0.2) is 42.4 Å². The Bertz CT molecular complexity index is 270. The smallest absolute Gasteiger partial charge is 0.325 e. The van der Waals surface area contributed by atoms with Crippen molar-refractivity contribution in [1.82, 2.24) is 10.6 Å². The molecule has 0 aromatic heterocycles. The SMILES string of the molecule is COC1CCC(NC(=O)N[C@@H](C)C(=O)O)C1. The van der Waals surface area contributed by atoms with Crippen molar-refractivity contribution in [2.75, 3.05) is 7.11 Å². The van der Waals surface area contributed by atoms with Crippen LogP contribution in [-0.2, 0) is 9.53 Å². The fourth-order valence-electron chi connectivity index (χ4n) is 1.77. The van der Waals surface area contributed by atoms with Crippen molar-refractivity contribution in [2.45, 2.75) is 44.4 Å². The lowest BCUT2D eigenvalue weighted by Crippen LogP contribution is -2.47. The second kappa shape index (κ2) is 5.69. The molecule has 92 valence electrons. The van der Waals surface area contributed by atoms with Crippen LogP contribution >= 0.6 is 0 Å². The summed E-state index contributed by atoms with van der Waals surface area (Å²) in [6, 6.07) is -1.23. The number of nitrogens with one attached hydrogen (secondary N) is 2. The molecule has 1 aliphatic carbocycles. The molecule has 0 bridgehead atoms. The summed E-state index contributed by atoms with van der Waals surface area (Å²) in [5.74, 6) is -1.05. The van der Waals surface area contributed by atoms with Gasteiger partial charge in [-0.25, -0.2) is 4.79 Å². The molecule has 1 fully saturated rings. The van der Waals surface area contributed by atoms with Crippen molar-refractivity contribution >= 4 is 12.0 Å². The zero-order valence-corrected chi connectivity index (χ0v) is 9.53. The molecule has 0 aromatic rings. The first-order chi connectivity index (χ1) is 7.52. The Labute approximate surface area is 94.3 Å². The van der Waals surface area contributed by atoms with Crippen molar-refractivity contribution in [1.29, 1.82) is 0 Å². The van der Waals surface area contributed by atoms with E-state index >= 15 is 0 Å². The lowest BCUT2D eigenvalue weighted by Gasteiger charge is -2.15. The van der Waals surface area contributed by atoms with Crippen molar-refractivity contribution in [3.8, 4) is 0 Å². The van der Waals surface area contributed by atoms with E-state index in [1.165, 1.54) is 6.92 Å². The average molecular weight is 230 g/mol. The van der Waals surface area contributed by atoms with Crippen molar-refractivity contribution in [3.63, 3.8) is 0 Å². The molecule has 3 N–H and O–H groups in total. The van der Waals surface area contributed by atoms with Crippen molar-refractivity contribution < 1.29 is 19.4 Å². The molecule has 0 heterocycles. The van der Waals surface area contributed by atoms with Gasteiger partial charge in [0, 0.05) is 13.2 Å². The van der Waals surface area contributed by atoms with E-state index in [0.29, 0.717) is 0 Å². The number of amides is 2. The lowest BCUT2D eigenvalue weighted by atomic mass is 10.2. The van der Waals surface area contributed by atoms with E-state index in [1.54, 1.807) is 7.11 Å². The van der Waals surface area contributed by atoms with Crippen LogP contribution in [0.2, 0.25) is 0 Å². The zero-order chi connectivity index (χ0) is 12.1. The fourth-order valence-corrected chi connectivity index (χ4v) is 1.77. The Kier molecular flexibility index (Phi) is 4.54. The maximum Gasteiger partial charge on any atom is 0.325 e. The van der Waals surface area contributed by atoms with Crippen LogP contribution in [0, 0.1) is 0 Å². The normalized spacial score (nSPS) is 26.1. The molecule has 0 spiro atoms.